The molecule has 0 aliphatic rings. The summed E-state index contributed by atoms with van der Waals surface area (Å²) < 4.78 is 10.7. The fourth-order valence-electron chi connectivity index (χ4n) is 2.08. The Bertz CT molecular complexity index is 618. The Labute approximate surface area is 118 Å². The minimum Gasteiger partial charge on any atom is -0.496 e. The number of hydrogen-bond acceptors (Lipinski definition) is 4. The number of benzene rings is 2. The molecule has 2 aromatic carbocycles. The van der Waals surface area contributed by atoms with E-state index in [9.17, 15) is 0 Å². The van der Waals surface area contributed by atoms with Gasteiger partial charge in [0.25, 0.3) is 0 Å². The largest absolute Gasteiger partial charge is 0.496 e. The first-order chi connectivity index (χ1) is 9.67. The van der Waals surface area contributed by atoms with Gasteiger partial charge in [0.05, 0.1) is 25.9 Å². The van der Waals surface area contributed by atoms with Crippen molar-refractivity contribution >= 4 is 5.69 Å². The molecule has 0 unspecified atom stereocenters. The molecule has 0 aromatic heterocycles. The lowest BCUT2D eigenvalue weighted by Gasteiger charge is -2.14. The van der Waals surface area contributed by atoms with Crippen molar-refractivity contribution in [2.24, 2.45) is 0 Å². The lowest BCUT2D eigenvalue weighted by atomic mass is 10.0. The molecule has 4 nitrogen and oxygen atoms in total. The van der Waals surface area contributed by atoms with Crippen LogP contribution in [-0.2, 0) is 6.42 Å². The molecule has 0 heterocycles. The molecule has 4 heteroatoms. The van der Waals surface area contributed by atoms with Gasteiger partial charge in [0.2, 0.25) is 0 Å². The maximum atomic E-state index is 8.81. The van der Waals surface area contributed by atoms with Crippen molar-refractivity contribution in [1.29, 1.82) is 5.26 Å². The van der Waals surface area contributed by atoms with Crippen molar-refractivity contribution in [3.8, 4) is 17.6 Å². The Morgan fingerprint density at radius 2 is 1.60 bits per heavy atom. The quantitative estimate of drug-likeness (QED) is 0.866. The summed E-state index contributed by atoms with van der Waals surface area (Å²) in [6, 6.07) is 13.1. The predicted octanol–water partition coefficient (Wildman–Crippen LogP) is 2.75. The summed E-state index contributed by atoms with van der Waals surface area (Å²) in [5.74, 6) is 1.40. The third kappa shape index (κ3) is 2.83. The van der Waals surface area contributed by atoms with E-state index in [1.54, 1.807) is 38.5 Å². The van der Waals surface area contributed by atoms with E-state index in [4.69, 9.17) is 20.5 Å². The summed E-state index contributed by atoms with van der Waals surface area (Å²) in [6.07, 6.45) is 0.651. The van der Waals surface area contributed by atoms with Crippen molar-refractivity contribution in [2.75, 3.05) is 20.0 Å². The zero-order valence-electron chi connectivity index (χ0n) is 11.5. The Morgan fingerprint density at radius 3 is 2.05 bits per heavy atom. The standard InChI is InChI=1S/C16H16N2O2/c1-19-15-8-13(18)9-16(20-2)14(15)7-11-3-5-12(10-17)6-4-11/h3-6,8-9H,7,18H2,1-2H3. The normalized spacial score (nSPS) is 9.85. The van der Waals surface area contributed by atoms with Crippen LogP contribution in [0.4, 0.5) is 5.69 Å². The van der Waals surface area contributed by atoms with E-state index in [1.807, 2.05) is 12.1 Å². The molecule has 0 amide bonds. The number of nitrogens with two attached hydrogens (primary N) is 1. The highest BCUT2D eigenvalue weighted by atomic mass is 16.5. The average Bonchev–Trinajstić information content (AvgIpc) is 2.49. The molecule has 0 radical (unpaired) electrons. The number of ether oxygens (including phenoxy) is 2. The van der Waals surface area contributed by atoms with Crippen LogP contribution in [0.5, 0.6) is 11.5 Å². The molecule has 20 heavy (non-hydrogen) atoms. The monoisotopic (exact) mass is 268 g/mol. The summed E-state index contributed by atoms with van der Waals surface area (Å²) in [4.78, 5) is 0. The molecule has 0 bridgehead atoms. The molecule has 0 atom stereocenters. The van der Waals surface area contributed by atoms with Gasteiger partial charge in [-0.15, -0.1) is 0 Å². The first kappa shape index (κ1) is 13.8. The van der Waals surface area contributed by atoms with E-state index < -0.39 is 0 Å². The smallest absolute Gasteiger partial charge is 0.128 e. The van der Waals surface area contributed by atoms with Gasteiger partial charge in [0.1, 0.15) is 11.5 Å². The fourth-order valence-corrected chi connectivity index (χ4v) is 2.08. The Kier molecular flexibility index (Phi) is 4.11. The van der Waals surface area contributed by atoms with E-state index in [0.717, 1.165) is 11.1 Å². The van der Waals surface area contributed by atoms with Crippen molar-refractivity contribution in [1.82, 2.24) is 0 Å². The molecule has 0 aliphatic carbocycles. The molecule has 0 aliphatic heterocycles. The SMILES string of the molecule is COc1cc(N)cc(OC)c1Cc1ccc(C#N)cc1. The molecule has 0 spiro atoms. The second-order valence-corrected chi connectivity index (χ2v) is 4.39. The second-order valence-electron chi connectivity index (χ2n) is 4.39. The summed E-state index contributed by atoms with van der Waals surface area (Å²) in [6.45, 7) is 0. The van der Waals surface area contributed by atoms with Crippen LogP contribution in [0.15, 0.2) is 36.4 Å². The summed E-state index contributed by atoms with van der Waals surface area (Å²) >= 11 is 0. The molecule has 0 saturated carbocycles. The van der Waals surface area contributed by atoms with Gasteiger partial charge in [0.15, 0.2) is 0 Å². The number of nitriles is 1. The lowest BCUT2D eigenvalue weighted by molar-refractivity contribution is 0.387. The van der Waals surface area contributed by atoms with E-state index in [-0.39, 0.29) is 0 Å². The van der Waals surface area contributed by atoms with Crippen LogP contribution < -0.4 is 15.2 Å². The van der Waals surface area contributed by atoms with E-state index >= 15 is 0 Å². The highest BCUT2D eigenvalue weighted by Gasteiger charge is 2.12. The Balaban J connectivity index is 2.38. The van der Waals surface area contributed by atoms with Crippen LogP contribution in [0.2, 0.25) is 0 Å². The van der Waals surface area contributed by atoms with Crippen molar-refractivity contribution in [2.45, 2.75) is 6.42 Å². The molecule has 2 N–H and O–H groups in total. The number of nitrogens with zero attached hydrogens (tertiary/aromatic N) is 1. The van der Waals surface area contributed by atoms with Crippen LogP contribution in [-0.4, -0.2) is 14.2 Å². The maximum absolute atomic E-state index is 8.81. The van der Waals surface area contributed by atoms with Gasteiger partial charge in [-0.05, 0) is 17.7 Å². The molecule has 2 aromatic rings. The summed E-state index contributed by atoms with van der Waals surface area (Å²) in [5, 5.41) is 8.81. The molecular weight excluding hydrogens is 252 g/mol. The van der Waals surface area contributed by atoms with Gasteiger partial charge in [-0.25, -0.2) is 0 Å². The van der Waals surface area contributed by atoms with Crippen LogP contribution in [0.25, 0.3) is 0 Å². The average molecular weight is 268 g/mol. The van der Waals surface area contributed by atoms with Gasteiger partial charge in [0, 0.05) is 29.8 Å². The maximum Gasteiger partial charge on any atom is 0.128 e. The van der Waals surface area contributed by atoms with Gasteiger partial charge in [-0.2, -0.15) is 5.26 Å². The molecule has 102 valence electrons. The summed E-state index contributed by atoms with van der Waals surface area (Å²) in [5.41, 5.74) is 9.07. The topological polar surface area (TPSA) is 68.3 Å². The Hall–Kier alpha value is -2.67. The third-order valence-corrected chi connectivity index (χ3v) is 3.09. The molecular formula is C16H16N2O2. The van der Waals surface area contributed by atoms with Gasteiger partial charge in [-0.3, -0.25) is 0 Å². The molecule has 2 rings (SSSR count). The van der Waals surface area contributed by atoms with Crippen LogP contribution >= 0.6 is 0 Å². The van der Waals surface area contributed by atoms with Gasteiger partial charge in [-0.1, -0.05) is 12.1 Å². The number of methoxy groups -OCH3 is 2. The number of anilines is 1. The zero-order chi connectivity index (χ0) is 14.5. The van der Waals surface area contributed by atoms with Crippen molar-refractivity contribution in [3.05, 3.63) is 53.1 Å². The van der Waals surface area contributed by atoms with Crippen molar-refractivity contribution in [3.63, 3.8) is 0 Å². The number of hydrogen-bond donors (Lipinski definition) is 1. The molecule has 0 fully saturated rings. The van der Waals surface area contributed by atoms with Gasteiger partial charge < -0.3 is 15.2 Å². The zero-order valence-corrected chi connectivity index (χ0v) is 11.5. The highest BCUT2D eigenvalue weighted by molar-refractivity contribution is 5.57. The minimum atomic E-state index is 0.599. The van der Waals surface area contributed by atoms with E-state index in [1.165, 1.54) is 0 Å². The van der Waals surface area contributed by atoms with Crippen LogP contribution in [0.3, 0.4) is 0 Å². The first-order valence-corrected chi connectivity index (χ1v) is 6.17. The van der Waals surface area contributed by atoms with E-state index in [2.05, 4.69) is 6.07 Å². The van der Waals surface area contributed by atoms with Crippen LogP contribution in [0.1, 0.15) is 16.7 Å². The van der Waals surface area contributed by atoms with Crippen LogP contribution in [0, 0.1) is 11.3 Å². The Morgan fingerprint density at radius 1 is 1.05 bits per heavy atom. The van der Waals surface area contributed by atoms with E-state index in [0.29, 0.717) is 29.2 Å². The fraction of sp³-hybridized carbons (Fsp3) is 0.188. The van der Waals surface area contributed by atoms with Gasteiger partial charge >= 0.3 is 0 Å². The number of nitrogen functional groups attached to an aromatic ring is 1. The lowest BCUT2D eigenvalue weighted by Crippen LogP contribution is -2.00. The summed E-state index contributed by atoms with van der Waals surface area (Å²) in [7, 11) is 3.22. The van der Waals surface area contributed by atoms with Crippen molar-refractivity contribution < 1.29 is 9.47 Å². The highest BCUT2D eigenvalue weighted by Crippen LogP contribution is 2.33. The number of rotatable bonds is 4. The third-order valence-electron chi connectivity index (χ3n) is 3.09. The minimum absolute atomic E-state index is 0.599. The second kappa shape index (κ2) is 5.98. The predicted molar refractivity (Wildman–Crippen MR) is 77.9 cm³/mol. The first-order valence-electron chi connectivity index (χ1n) is 6.17. The molecule has 0 saturated heterocycles.